The fourth-order valence-electron chi connectivity index (χ4n) is 2.25. The van der Waals surface area contributed by atoms with Gasteiger partial charge in [0.15, 0.2) is 0 Å². The summed E-state index contributed by atoms with van der Waals surface area (Å²) in [6.45, 7) is 9.20. The van der Waals surface area contributed by atoms with E-state index in [1.165, 1.54) is 27.1 Å². The Morgan fingerprint density at radius 1 is 1.50 bits per heavy atom. The fourth-order valence-corrected chi connectivity index (χ4v) is 3.80. The van der Waals surface area contributed by atoms with Gasteiger partial charge in [-0.05, 0) is 68.5 Å². The van der Waals surface area contributed by atoms with Gasteiger partial charge in [0.05, 0.1) is 0 Å². The summed E-state index contributed by atoms with van der Waals surface area (Å²) in [5.74, 6) is 0.666. The summed E-state index contributed by atoms with van der Waals surface area (Å²) < 4.78 is 6.46. The van der Waals surface area contributed by atoms with Crippen LogP contribution in [0.2, 0.25) is 0 Å². The van der Waals surface area contributed by atoms with Crippen molar-refractivity contribution < 1.29 is 9.53 Å². The van der Waals surface area contributed by atoms with Gasteiger partial charge in [0.25, 0.3) is 0 Å². The van der Waals surface area contributed by atoms with E-state index in [4.69, 9.17) is 4.74 Å². The van der Waals surface area contributed by atoms with Crippen LogP contribution in [0.25, 0.3) is 0 Å². The first-order chi connectivity index (χ1) is 10.2. The molecule has 1 aliphatic carbocycles. The Kier molecular flexibility index (Phi) is 5.91. The number of halogens is 1. The van der Waals surface area contributed by atoms with Gasteiger partial charge in [0, 0.05) is 33.4 Å². The first-order valence-corrected chi connectivity index (χ1v) is 9.30. The molecule has 1 atom stereocenters. The van der Waals surface area contributed by atoms with Crippen molar-refractivity contribution in [2.45, 2.75) is 58.7 Å². The van der Waals surface area contributed by atoms with Gasteiger partial charge in [-0.1, -0.05) is 0 Å². The fraction of sp³-hybridized carbons (Fsp3) is 0.688. The molecule has 0 spiro atoms. The first kappa shape index (κ1) is 17.8. The van der Waals surface area contributed by atoms with E-state index in [0.717, 1.165) is 6.54 Å². The molecule has 4 nitrogen and oxygen atoms in total. The summed E-state index contributed by atoms with van der Waals surface area (Å²) >= 11 is 5.35. The minimum atomic E-state index is -0.451. The topological polar surface area (TPSA) is 50.4 Å². The van der Waals surface area contributed by atoms with Crippen molar-refractivity contribution in [3.8, 4) is 0 Å². The standard InChI is InChI=1S/C16H25BrN2O2S/c1-10-13(17)7-12(22-10)8-18-14(11-5-6-11)9-19-15(20)21-16(2,3)4/h7,11,14,18H,5-6,8-9H2,1-4H3,(H,19,20). The molecular formula is C16H25BrN2O2S. The minimum absolute atomic E-state index is 0.314. The van der Waals surface area contributed by atoms with Crippen molar-refractivity contribution in [3.05, 3.63) is 20.3 Å². The highest BCUT2D eigenvalue weighted by Gasteiger charge is 2.31. The predicted molar refractivity (Wildman–Crippen MR) is 94.3 cm³/mol. The van der Waals surface area contributed by atoms with Crippen LogP contribution < -0.4 is 10.6 Å². The van der Waals surface area contributed by atoms with Gasteiger partial charge in [0.1, 0.15) is 5.60 Å². The number of alkyl carbamates (subject to hydrolysis) is 1. The molecule has 0 radical (unpaired) electrons. The van der Waals surface area contributed by atoms with Crippen molar-refractivity contribution in [2.24, 2.45) is 5.92 Å². The van der Waals surface area contributed by atoms with Crippen LogP contribution in [0, 0.1) is 12.8 Å². The number of thiophene rings is 1. The maximum absolute atomic E-state index is 11.8. The van der Waals surface area contributed by atoms with Crippen LogP contribution >= 0.6 is 27.3 Å². The Labute approximate surface area is 145 Å². The molecule has 1 unspecified atom stereocenters. The first-order valence-electron chi connectivity index (χ1n) is 7.69. The molecule has 0 aliphatic heterocycles. The lowest BCUT2D eigenvalue weighted by Crippen LogP contribution is -2.43. The minimum Gasteiger partial charge on any atom is -0.444 e. The van der Waals surface area contributed by atoms with Gasteiger partial charge in [0.2, 0.25) is 0 Å². The molecule has 1 aromatic heterocycles. The van der Waals surface area contributed by atoms with E-state index < -0.39 is 5.60 Å². The van der Waals surface area contributed by atoms with E-state index in [1.807, 2.05) is 20.8 Å². The van der Waals surface area contributed by atoms with Crippen LogP contribution in [-0.2, 0) is 11.3 Å². The molecule has 0 bridgehead atoms. The molecule has 1 fully saturated rings. The summed E-state index contributed by atoms with van der Waals surface area (Å²) in [7, 11) is 0. The normalized spacial score (nSPS) is 16.4. The molecular weight excluding hydrogens is 364 g/mol. The van der Waals surface area contributed by atoms with E-state index in [1.54, 1.807) is 11.3 Å². The molecule has 22 heavy (non-hydrogen) atoms. The van der Waals surface area contributed by atoms with Gasteiger partial charge < -0.3 is 15.4 Å². The third-order valence-electron chi connectivity index (χ3n) is 3.50. The zero-order valence-corrected chi connectivity index (χ0v) is 16.1. The molecule has 1 heterocycles. The average Bonchev–Trinajstić information content (AvgIpc) is 3.15. The maximum Gasteiger partial charge on any atom is 0.407 e. The molecule has 6 heteroatoms. The molecule has 0 saturated heterocycles. The van der Waals surface area contributed by atoms with E-state index in [0.29, 0.717) is 18.5 Å². The Bertz CT molecular complexity index is 501. The van der Waals surface area contributed by atoms with Crippen molar-refractivity contribution in [3.63, 3.8) is 0 Å². The van der Waals surface area contributed by atoms with Gasteiger partial charge in [-0.25, -0.2) is 4.79 Å². The van der Waals surface area contributed by atoms with E-state index >= 15 is 0 Å². The largest absolute Gasteiger partial charge is 0.444 e. The van der Waals surface area contributed by atoms with E-state index in [2.05, 4.69) is 39.6 Å². The Balaban J connectivity index is 1.79. The van der Waals surface area contributed by atoms with Crippen LogP contribution in [0.15, 0.2) is 10.5 Å². The number of rotatable bonds is 6. The zero-order valence-electron chi connectivity index (χ0n) is 13.7. The van der Waals surface area contributed by atoms with Crippen molar-refractivity contribution in [1.29, 1.82) is 0 Å². The van der Waals surface area contributed by atoms with Gasteiger partial charge in [-0.15, -0.1) is 11.3 Å². The lowest BCUT2D eigenvalue weighted by molar-refractivity contribution is 0.0521. The van der Waals surface area contributed by atoms with Crippen LogP contribution in [0.4, 0.5) is 4.79 Å². The van der Waals surface area contributed by atoms with Crippen LogP contribution in [0.1, 0.15) is 43.4 Å². The molecule has 1 aromatic rings. The highest BCUT2D eigenvalue weighted by atomic mass is 79.9. The lowest BCUT2D eigenvalue weighted by atomic mass is 10.2. The number of hydrogen-bond donors (Lipinski definition) is 2. The van der Waals surface area contributed by atoms with Crippen molar-refractivity contribution in [2.75, 3.05) is 6.54 Å². The van der Waals surface area contributed by atoms with Crippen molar-refractivity contribution >= 4 is 33.4 Å². The van der Waals surface area contributed by atoms with Gasteiger partial charge in [-0.3, -0.25) is 0 Å². The second-order valence-electron chi connectivity index (χ2n) is 6.82. The highest BCUT2D eigenvalue weighted by Crippen LogP contribution is 2.33. The summed E-state index contributed by atoms with van der Waals surface area (Å²) in [5.41, 5.74) is -0.451. The summed E-state index contributed by atoms with van der Waals surface area (Å²) in [4.78, 5) is 14.4. The molecule has 1 aliphatic rings. The van der Waals surface area contributed by atoms with Crippen LogP contribution in [0.3, 0.4) is 0 Å². The third-order valence-corrected chi connectivity index (χ3v) is 5.64. The molecule has 0 aromatic carbocycles. The molecule has 2 rings (SSSR count). The molecule has 124 valence electrons. The third kappa shape index (κ3) is 5.89. The molecule has 2 N–H and O–H groups in total. The number of carbonyl (C=O) groups excluding carboxylic acids is 1. The average molecular weight is 389 g/mol. The van der Waals surface area contributed by atoms with Crippen LogP contribution in [0.5, 0.6) is 0 Å². The van der Waals surface area contributed by atoms with Crippen molar-refractivity contribution in [1.82, 2.24) is 10.6 Å². The number of nitrogens with one attached hydrogen (secondary N) is 2. The highest BCUT2D eigenvalue weighted by molar-refractivity contribution is 9.10. The smallest absolute Gasteiger partial charge is 0.407 e. The van der Waals surface area contributed by atoms with Crippen LogP contribution in [-0.4, -0.2) is 24.3 Å². The van der Waals surface area contributed by atoms with E-state index in [9.17, 15) is 4.79 Å². The Morgan fingerprint density at radius 2 is 2.18 bits per heavy atom. The number of amides is 1. The number of carbonyl (C=O) groups is 1. The molecule has 1 saturated carbocycles. The number of ether oxygens (including phenoxy) is 1. The summed E-state index contributed by atoms with van der Waals surface area (Å²) in [6.07, 6.45) is 2.14. The Morgan fingerprint density at radius 3 is 2.68 bits per heavy atom. The second-order valence-corrected chi connectivity index (χ2v) is 9.02. The number of aryl methyl sites for hydroxylation is 1. The summed E-state index contributed by atoms with van der Waals surface area (Å²) in [6, 6.07) is 2.48. The van der Waals surface area contributed by atoms with E-state index in [-0.39, 0.29) is 6.09 Å². The second kappa shape index (κ2) is 7.32. The number of hydrogen-bond acceptors (Lipinski definition) is 4. The quantitative estimate of drug-likeness (QED) is 0.766. The van der Waals surface area contributed by atoms with Gasteiger partial charge >= 0.3 is 6.09 Å². The maximum atomic E-state index is 11.8. The Hall–Kier alpha value is -0.590. The zero-order chi connectivity index (χ0) is 16.3. The van der Waals surface area contributed by atoms with Gasteiger partial charge in [-0.2, -0.15) is 0 Å². The lowest BCUT2D eigenvalue weighted by Gasteiger charge is -2.22. The monoisotopic (exact) mass is 388 g/mol. The SMILES string of the molecule is Cc1sc(CNC(CNC(=O)OC(C)(C)C)C2CC2)cc1Br. The molecule has 1 amide bonds. The predicted octanol–water partition coefficient (Wildman–Crippen LogP) is 4.21. The summed E-state index contributed by atoms with van der Waals surface area (Å²) in [5, 5.41) is 6.46.